The van der Waals surface area contributed by atoms with Crippen molar-refractivity contribution in [3.05, 3.63) is 69.3 Å². The van der Waals surface area contributed by atoms with Crippen molar-refractivity contribution in [3.63, 3.8) is 0 Å². The summed E-state index contributed by atoms with van der Waals surface area (Å²) in [6, 6.07) is 12.4. The number of halogens is 1. The number of rotatable bonds is 4. The number of fused-ring (bicyclic) bond motifs is 1. The Hall–Kier alpha value is -2.53. The van der Waals surface area contributed by atoms with E-state index in [2.05, 4.69) is 22.4 Å². The highest BCUT2D eigenvalue weighted by molar-refractivity contribution is 7.12. The first kappa shape index (κ1) is 16.9. The normalized spacial score (nSPS) is 12.8. The molecule has 0 unspecified atom stereocenters. The molecule has 1 heterocycles. The van der Waals surface area contributed by atoms with Gasteiger partial charge in [0.25, 0.3) is 0 Å². The van der Waals surface area contributed by atoms with Crippen LogP contribution in [0.2, 0.25) is 0 Å². The van der Waals surface area contributed by atoms with Crippen LogP contribution in [0.4, 0.5) is 10.1 Å². The van der Waals surface area contributed by atoms with Gasteiger partial charge >= 0.3 is 0 Å². The number of benzene rings is 2. The third kappa shape index (κ3) is 3.53. The second-order valence-corrected chi connectivity index (χ2v) is 7.86. The van der Waals surface area contributed by atoms with Crippen molar-refractivity contribution in [1.82, 2.24) is 4.98 Å². The van der Waals surface area contributed by atoms with Crippen LogP contribution in [0.1, 0.15) is 27.4 Å². The number of carbonyl (C=O) groups excluding carboxylic acids is 1. The van der Waals surface area contributed by atoms with Crippen LogP contribution < -0.4 is 5.32 Å². The van der Waals surface area contributed by atoms with E-state index in [-0.39, 0.29) is 18.1 Å². The lowest BCUT2D eigenvalue weighted by Gasteiger charge is -2.08. The quantitative estimate of drug-likeness (QED) is 0.711. The highest BCUT2D eigenvalue weighted by atomic mass is 32.1. The molecule has 5 heteroatoms. The summed E-state index contributed by atoms with van der Waals surface area (Å²) in [5.74, 6) is -0.341. The Labute approximate surface area is 155 Å². The molecule has 0 fully saturated rings. The van der Waals surface area contributed by atoms with Gasteiger partial charge in [0.15, 0.2) is 0 Å². The van der Waals surface area contributed by atoms with Crippen LogP contribution in [-0.4, -0.2) is 10.9 Å². The van der Waals surface area contributed by atoms with Gasteiger partial charge in [-0.3, -0.25) is 4.79 Å². The molecule has 1 N–H and O–H groups in total. The van der Waals surface area contributed by atoms with Gasteiger partial charge in [0.05, 0.1) is 17.1 Å². The van der Waals surface area contributed by atoms with Crippen LogP contribution in [-0.2, 0) is 24.1 Å². The smallest absolute Gasteiger partial charge is 0.229 e. The van der Waals surface area contributed by atoms with Gasteiger partial charge in [-0.15, -0.1) is 11.3 Å². The van der Waals surface area contributed by atoms with Crippen LogP contribution in [0, 0.1) is 12.7 Å². The summed E-state index contributed by atoms with van der Waals surface area (Å²) in [5.41, 5.74) is 5.16. The monoisotopic (exact) mass is 366 g/mol. The third-order valence-corrected chi connectivity index (χ3v) is 5.60. The number of carbonyl (C=O) groups is 1. The number of amides is 1. The summed E-state index contributed by atoms with van der Waals surface area (Å²) >= 11 is 1.51. The lowest BCUT2D eigenvalue weighted by molar-refractivity contribution is -0.115. The number of hydrogen-bond donors (Lipinski definition) is 1. The molecule has 0 bridgehead atoms. The lowest BCUT2D eigenvalue weighted by atomic mass is 10.1. The summed E-state index contributed by atoms with van der Waals surface area (Å²) in [6.45, 7) is 1.92. The fourth-order valence-corrected chi connectivity index (χ4v) is 4.38. The van der Waals surface area contributed by atoms with Gasteiger partial charge in [-0.05, 0) is 73.7 Å². The van der Waals surface area contributed by atoms with E-state index < -0.39 is 0 Å². The van der Waals surface area contributed by atoms with E-state index in [1.54, 1.807) is 12.1 Å². The minimum Gasteiger partial charge on any atom is -0.326 e. The Morgan fingerprint density at radius 2 is 1.92 bits per heavy atom. The van der Waals surface area contributed by atoms with E-state index in [4.69, 9.17) is 0 Å². The summed E-state index contributed by atoms with van der Waals surface area (Å²) in [7, 11) is 0. The molecule has 0 spiro atoms. The SMILES string of the molecule is Cc1nc(-c2ccc(F)cc2)c(CC(=O)Nc2ccc3c(c2)CCC3)s1. The number of hydrogen-bond acceptors (Lipinski definition) is 3. The van der Waals surface area contributed by atoms with Crippen LogP contribution in [0.25, 0.3) is 11.3 Å². The van der Waals surface area contributed by atoms with Gasteiger partial charge in [0, 0.05) is 16.1 Å². The van der Waals surface area contributed by atoms with Gasteiger partial charge < -0.3 is 5.32 Å². The molecular formula is C21H19FN2OS. The molecule has 1 aliphatic rings. The van der Waals surface area contributed by atoms with E-state index in [0.717, 1.165) is 39.7 Å². The summed E-state index contributed by atoms with van der Waals surface area (Å²) in [4.78, 5) is 18.0. The van der Waals surface area contributed by atoms with E-state index >= 15 is 0 Å². The van der Waals surface area contributed by atoms with Crippen molar-refractivity contribution in [2.24, 2.45) is 0 Å². The number of aromatic nitrogens is 1. The fourth-order valence-electron chi connectivity index (χ4n) is 3.42. The number of nitrogens with zero attached hydrogens (tertiary/aromatic N) is 1. The minimum atomic E-state index is -0.281. The second kappa shape index (κ2) is 7.00. The Bertz CT molecular complexity index is 963. The van der Waals surface area contributed by atoms with Gasteiger partial charge in [-0.1, -0.05) is 6.07 Å². The first-order chi connectivity index (χ1) is 12.6. The van der Waals surface area contributed by atoms with Crippen molar-refractivity contribution in [3.8, 4) is 11.3 Å². The lowest BCUT2D eigenvalue weighted by Crippen LogP contribution is -2.14. The average molecular weight is 366 g/mol. The molecule has 4 rings (SSSR count). The molecule has 2 aromatic carbocycles. The molecule has 1 aliphatic carbocycles. The van der Waals surface area contributed by atoms with Crippen LogP contribution in [0.3, 0.4) is 0 Å². The Morgan fingerprint density at radius 3 is 2.73 bits per heavy atom. The molecule has 132 valence electrons. The predicted octanol–water partition coefficient (Wildman–Crippen LogP) is 4.93. The summed E-state index contributed by atoms with van der Waals surface area (Å²) < 4.78 is 13.2. The molecule has 0 atom stereocenters. The number of anilines is 1. The van der Waals surface area contributed by atoms with Crippen LogP contribution >= 0.6 is 11.3 Å². The number of nitrogens with one attached hydrogen (secondary N) is 1. The third-order valence-electron chi connectivity index (χ3n) is 4.63. The van der Waals surface area contributed by atoms with Gasteiger partial charge in [-0.2, -0.15) is 0 Å². The highest BCUT2D eigenvalue weighted by Crippen LogP contribution is 2.29. The first-order valence-electron chi connectivity index (χ1n) is 8.72. The van der Waals surface area contributed by atoms with Gasteiger partial charge in [-0.25, -0.2) is 9.37 Å². The molecule has 0 aliphatic heterocycles. The highest BCUT2D eigenvalue weighted by Gasteiger charge is 2.16. The van der Waals surface area contributed by atoms with Crippen LogP contribution in [0.5, 0.6) is 0 Å². The Morgan fingerprint density at radius 1 is 1.15 bits per heavy atom. The zero-order valence-electron chi connectivity index (χ0n) is 14.5. The molecule has 1 amide bonds. The largest absolute Gasteiger partial charge is 0.326 e. The van der Waals surface area contributed by atoms with Crippen molar-refractivity contribution < 1.29 is 9.18 Å². The Kier molecular flexibility index (Phi) is 4.55. The molecular weight excluding hydrogens is 347 g/mol. The predicted molar refractivity (Wildman–Crippen MR) is 103 cm³/mol. The Balaban J connectivity index is 1.52. The molecule has 3 aromatic rings. The van der Waals surface area contributed by atoms with Crippen molar-refractivity contribution >= 4 is 22.9 Å². The van der Waals surface area contributed by atoms with Crippen molar-refractivity contribution in [1.29, 1.82) is 0 Å². The van der Waals surface area contributed by atoms with E-state index in [9.17, 15) is 9.18 Å². The standard InChI is InChI=1S/C21H19FN2OS/c1-13-23-21(15-5-8-17(22)9-6-15)19(26-13)12-20(25)24-18-10-7-14-3-2-4-16(14)11-18/h5-11H,2-4,12H2,1H3,(H,24,25). The van der Waals surface area contributed by atoms with Crippen LogP contribution in [0.15, 0.2) is 42.5 Å². The molecule has 26 heavy (non-hydrogen) atoms. The summed E-state index contributed by atoms with van der Waals surface area (Å²) in [5, 5.41) is 3.89. The average Bonchev–Trinajstić information content (AvgIpc) is 3.21. The van der Waals surface area contributed by atoms with Gasteiger partial charge in [0.2, 0.25) is 5.91 Å². The first-order valence-corrected chi connectivity index (χ1v) is 9.54. The zero-order chi connectivity index (χ0) is 18.1. The molecule has 0 saturated carbocycles. The van der Waals surface area contributed by atoms with Gasteiger partial charge in [0.1, 0.15) is 5.82 Å². The molecule has 0 radical (unpaired) electrons. The minimum absolute atomic E-state index is 0.0602. The molecule has 0 saturated heterocycles. The maximum Gasteiger partial charge on any atom is 0.229 e. The maximum absolute atomic E-state index is 13.2. The van der Waals surface area contributed by atoms with E-state index in [1.807, 2.05) is 13.0 Å². The fraction of sp³-hybridized carbons (Fsp3) is 0.238. The maximum atomic E-state index is 13.2. The summed E-state index contributed by atoms with van der Waals surface area (Å²) in [6.07, 6.45) is 3.66. The second-order valence-electron chi connectivity index (χ2n) is 6.57. The van der Waals surface area contributed by atoms with Crippen molar-refractivity contribution in [2.45, 2.75) is 32.6 Å². The van der Waals surface area contributed by atoms with E-state index in [0.29, 0.717) is 0 Å². The van der Waals surface area contributed by atoms with Crippen molar-refractivity contribution in [2.75, 3.05) is 5.32 Å². The molecule has 3 nitrogen and oxygen atoms in total. The molecule has 1 aromatic heterocycles. The zero-order valence-corrected chi connectivity index (χ0v) is 15.3. The number of aryl methyl sites for hydroxylation is 3. The van der Waals surface area contributed by atoms with E-state index in [1.165, 1.54) is 41.0 Å². The topological polar surface area (TPSA) is 42.0 Å². The number of thiazole rings is 1.